The van der Waals surface area contributed by atoms with Gasteiger partial charge in [0.25, 0.3) is 5.91 Å². The van der Waals surface area contributed by atoms with Crippen LogP contribution in [0.2, 0.25) is 0 Å². The van der Waals surface area contributed by atoms with E-state index in [1.54, 1.807) is 11.8 Å². The molecule has 1 saturated heterocycles. The van der Waals surface area contributed by atoms with E-state index in [9.17, 15) is 9.59 Å². The minimum absolute atomic E-state index is 0.00272. The van der Waals surface area contributed by atoms with Crippen LogP contribution in [0.5, 0.6) is 0 Å². The van der Waals surface area contributed by atoms with Gasteiger partial charge in [-0.05, 0) is 36.1 Å². The van der Waals surface area contributed by atoms with Gasteiger partial charge in [0.2, 0.25) is 5.91 Å². The van der Waals surface area contributed by atoms with Crippen LogP contribution >= 0.6 is 11.8 Å². The van der Waals surface area contributed by atoms with Crippen molar-refractivity contribution < 1.29 is 9.59 Å². The van der Waals surface area contributed by atoms with E-state index in [2.05, 4.69) is 12.1 Å². The highest BCUT2D eigenvalue weighted by atomic mass is 32.2. The highest BCUT2D eigenvalue weighted by Gasteiger charge is 2.33. The van der Waals surface area contributed by atoms with E-state index in [1.807, 2.05) is 59.3 Å². The summed E-state index contributed by atoms with van der Waals surface area (Å²) < 4.78 is 0. The molecule has 0 spiro atoms. The van der Waals surface area contributed by atoms with Gasteiger partial charge in [0.05, 0.1) is 5.75 Å². The third-order valence-electron chi connectivity index (χ3n) is 6.05. The topological polar surface area (TPSA) is 40.6 Å². The van der Waals surface area contributed by atoms with Crippen LogP contribution in [0, 0.1) is 0 Å². The van der Waals surface area contributed by atoms with Crippen LogP contribution in [0.3, 0.4) is 0 Å². The Morgan fingerprint density at radius 2 is 1.72 bits per heavy atom. The predicted octanol–water partition coefficient (Wildman–Crippen LogP) is 4.87. The molecule has 2 aromatic rings. The van der Waals surface area contributed by atoms with Crippen molar-refractivity contribution >= 4 is 23.6 Å². The first-order valence-corrected chi connectivity index (χ1v) is 11.5. The molecule has 1 aliphatic carbocycles. The summed E-state index contributed by atoms with van der Waals surface area (Å²) in [4.78, 5) is 29.2. The van der Waals surface area contributed by atoms with Crippen LogP contribution in [0.4, 0.5) is 0 Å². The molecule has 2 amide bonds. The Hall–Kier alpha value is -2.27. The molecule has 1 saturated carbocycles. The average molecular weight is 409 g/mol. The van der Waals surface area contributed by atoms with E-state index in [4.69, 9.17) is 0 Å². The van der Waals surface area contributed by atoms with Gasteiger partial charge in [-0.2, -0.15) is 0 Å². The van der Waals surface area contributed by atoms with Gasteiger partial charge < -0.3 is 9.80 Å². The van der Waals surface area contributed by atoms with Crippen LogP contribution in [-0.4, -0.2) is 40.5 Å². The van der Waals surface area contributed by atoms with Gasteiger partial charge in [-0.3, -0.25) is 9.59 Å². The molecule has 1 heterocycles. The van der Waals surface area contributed by atoms with Crippen molar-refractivity contribution in [1.29, 1.82) is 0 Å². The van der Waals surface area contributed by atoms with E-state index >= 15 is 0 Å². The first-order valence-electron chi connectivity index (χ1n) is 10.5. The molecule has 29 heavy (non-hydrogen) atoms. The fourth-order valence-electron chi connectivity index (χ4n) is 4.31. The van der Waals surface area contributed by atoms with Gasteiger partial charge in [-0.15, -0.1) is 11.8 Å². The Labute approximate surface area is 177 Å². The molecule has 2 aromatic carbocycles. The summed E-state index contributed by atoms with van der Waals surface area (Å²) in [7, 11) is 1.93. The normalized spacial score (nSPS) is 20.1. The van der Waals surface area contributed by atoms with E-state index in [1.165, 1.54) is 19.3 Å². The summed E-state index contributed by atoms with van der Waals surface area (Å²) in [6.45, 7) is 0.614. The van der Waals surface area contributed by atoms with Gasteiger partial charge in [-0.25, -0.2) is 0 Å². The zero-order valence-electron chi connectivity index (χ0n) is 16.9. The second-order valence-corrected chi connectivity index (χ2v) is 9.07. The van der Waals surface area contributed by atoms with Crippen molar-refractivity contribution in [2.45, 2.75) is 50.1 Å². The highest BCUT2D eigenvalue weighted by Crippen LogP contribution is 2.39. The van der Waals surface area contributed by atoms with Crippen molar-refractivity contribution in [3.63, 3.8) is 0 Å². The summed E-state index contributed by atoms with van der Waals surface area (Å²) in [6, 6.07) is 18.3. The largest absolute Gasteiger partial charge is 0.339 e. The molecule has 1 aliphatic heterocycles. The maximum atomic E-state index is 12.9. The van der Waals surface area contributed by atoms with Crippen molar-refractivity contribution in [3.05, 3.63) is 71.3 Å². The first-order chi connectivity index (χ1) is 14.1. The summed E-state index contributed by atoms with van der Waals surface area (Å²) in [5, 5.41) is 0.00272. The maximum absolute atomic E-state index is 12.9. The van der Waals surface area contributed by atoms with Crippen LogP contribution in [-0.2, 0) is 11.3 Å². The maximum Gasteiger partial charge on any atom is 0.253 e. The first kappa shape index (κ1) is 20.0. The summed E-state index contributed by atoms with van der Waals surface area (Å²) in [6.07, 6.45) is 5.92. The van der Waals surface area contributed by atoms with Gasteiger partial charge >= 0.3 is 0 Å². The lowest BCUT2D eigenvalue weighted by Gasteiger charge is -2.31. The van der Waals surface area contributed by atoms with Crippen LogP contribution in [0.25, 0.3) is 0 Å². The van der Waals surface area contributed by atoms with Gasteiger partial charge in [0.1, 0.15) is 5.37 Å². The fourth-order valence-corrected chi connectivity index (χ4v) is 5.50. The monoisotopic (exact) mass is 408 g/mol. The van der Waals surface area contributed by atoms with Crippen LogP contribution in [0.15, 0.2) is 54.6 Å². The molecule has 152 valence electrons. The minimum atomic E-state index is 0.00272. The van der Waals surface area contributed by atoms with Gasteiger partial charge in [0.15, 0.2) is 0 Å². The van der Waals surface area contributed by atoms with E-state index in [0.29, 0.717) is 18.3 Å². The summed E-state index contributed by atoms with van der Waals surface area (Å²) >= 11 is 1.66. The van der Waals surface area contributed by atoms with Crippen LogP contribution < -0.4 is 0 Å². The number of hydrogen-bond donors (Lipinski definition) is 0. The smallest absolute Gasteiger partial charge is 0.253 e. The zero-order chi connectivity index (χ0) is 20.2. The molecule has 4 nitrogen and oxygen atoms in total. The Morgan fingerprint density at radius 3 is 2.41 bits per heavy atom. The second kappa shape index (κ2) is 9.04. The molecule has 1 atom stereocenters. The Morgan fingerprint density at radius 1 is 1.03 bits per heavy atom. The Balaban J connectivity index is 1.46. The number of carbonyl (C=O) groups is 2. The number of thioether (sulfide) groups is 1. The zero-order valence-corrected chi connectivity index (χ0v) is 17.7. The molecule has 0 radical (unpaired) electrons. The van der Waals surface area contributed by atoms with Crippen molar-refractivity contribution in [1.82, 2.24) is 9.80 Å². The molecule has 5 heteroatoms. The molecule has 0 bridgehead atoms. The van der Waals surface area contributed by atoms with Crippen molar-refractivity contribution in [2.75, 3.05) is 12.8 Å². The minimum Gasteiger partial charge on any atom is -0.339 e. The number of carbonyl (C=O) groups excluding carboxylic acids is 2. The quantitative estimate of drug-likeness (QED) is 0.709. The predicted molar refractivity (Wildman–Crippen MR) is 118 cm³/mol. The molecule has 0 aromatic heterocycles. The molecule has 0 N–H and O–H groups in total. The Bertz CT molecular complexity index is 847. The fraction of sp³-hybridized carbons (Fsp3) is 0.417. The SMILES string of the molecule is CN(C(=O)c1ccc([C@@H]2SCC(=O)N2Cc2ccccc2)cc1)C1CCCCC1. The average Bonchev–Trinajstić information content (AvgIpc) is 3.14. The number of benzene rings is 2. The Kier molecular flexibility index (Phi) is 6.24. The van der Waals surface area contributed by atoms with Gasteiger partial charge in [-0.1, -0.05) is 61.7 Å². The lowest BCUT2D eigenvalue weighted by atomic mass is 9.94. The van der Waals surface area contributed by atoms with E-state index in [0.717, 1.165) is 29.5 Å². The molecule has 0 unspecified atom stereocenters. The highest BCUT2D eigenvalue weighted by molar-refractivity contribution is 8.00. The molecular formula is C24H28N2O2S. The lowest BCUT2D eigenvalue weighted by molar-refractivity contribution is -0.128. The molecular weight excluding hydrogens is 380 g/mol. The number of nitrogens with zero attached hydrogens (tertiary/aromatic N) is 2. The summed E-state index contributed by atoms with van der Waals surface area (Å²) in [5.41, 5.74) is 2.94. The van der Waals surface area contributed by atoms with Crippen LogP contribution in [0.1, 0.15) is 59.0 Å². The third kappa shape index (κ3) is 4.50. The number of amides is 2. The van der Waals surface area contributed by atoms with E-state index in [-0.39, 0.29) is 17.2 Å². The van der Waals surface area contributed by atoms with E-state index < -0.39 is 0 Å². The van der Waals surface area contributed by atoms with Gasteiger partial charge in [0, 0.05) is 25.2 Å². The third-order valence-corrected chi connectivity index (χ3v) is 7.31. The lowest BCUT2D eigenvalue weighted by Crippen LogP contribution is -2.38. The number of hydrogen-bond acceptors (Lipinski definition) is 3. The van der Waals surface area contributed by atoms with Crippen molar-refractivity contribution in [2.24, 2.45) is 0 Å². The second-order valence-electron chi connectivity index (χ2n) is 8.00. The summed E-state index contributed by atoms with van der Waals surface area (Å²) in [5.74, 6) is 0.767. The molecule has 4 rings (SSSR count). The standard InChI is InChI=1S/C24H28N2O2S/c1-25(21-10-6-3-7-11-21)23(28)19-12-14-20(15-13-19)24-26(22(27)17-29-24)16-18-8-4-2-5-9-18/h2,4-5,8-9,12-15,21,24H,3,6-7,10-11,16-17H2,1H3/t24-/m0/s1. The molecule has 2 fully saturated rings. The van der Waals surface area contributed by atoms with Crippen molar-refractivity contribution in [3.8, 4) is 0 Å². The number of rotatable bonds is 5. The molecule has 2 aliphatic rings.